The summed E-state index contributed by atoms with van der Waals surface area (Å²) in [6.07, 6.45) is 6.78. The van der Waals surface area contributed by atoms with Gasteiger partial charge in [-0.25, -0.2) is 0 Å². The van der Waals surface area contributed by atoms with Gasteiger partial charge in [-0.1, -0.05) is 6.92 Å². The van der Waals surface area contributed by atoms with Crippen molar-refractivity contribution in [3.8, 4) is 0 Å². The van der Waals surface area contributed by atoms with E-state index in [9.17, 15) is 0 Å². The van der Waals surface area contributed by atoms with Crippen LogP contribution in [0.1, 0.15) is 46.0 Å². The molecule has 0 spiro atoms. The Labute approximate surface area is 112 Å². The van der Waals surface area contributed by atoms with E-state index >= 15 is 0 Å². The minimum atomic E-state index is 0.299. The van der Waals surface area contributed by atoms with Gasteiger partial charge in [0.15, 0.2) is 0 Å². The lowest BCUT2D eigenvalue weighted by atomic mass is 9.71. The highest BCUT2D eigenvalue weighted by molar-refractivity contribution is 5.10. The minimum absolute atomic E-state index is 0.299. The van der Waals surface area contributed by atoms with Gasteiger partial charge in [-0.3, -0.25) is 4.90 Å². The van der Waals surface area contributed by atoms with Crippen molar-refractivity contribution in [1.29, 1.82) is 0 Å². The molecule has 0 aliphatic carbocycles. The van der Waals surface area contributed by atoms with Crippen LogP contribution in [0.2, 0.25) is 0 Å². The van der Waals surface area contributed by atoms with E-state index in [4.69, 9.17) is 5.73 Å². The Hall–Kier alpha value is -0.120. The highest BCUT2D eigenvalue weighted by Gasteiger charge is 2.53. The zero-order valence-electron chi connectivity index (χ0n) is 12.1. The maximum atomic E-state index is 6.32. The third-order valence-corrected chi connectivity index (χ3v) is 5.97. The normalized spacial score (nSPS) is 48.8. The predicted molar refractivity (Wildman–Crippen MR) is 75.6 cm³/mol. The molecule has 0 aromatic heterocycles. The maximum Gasteiger partial charge on any atom is 0.0493 e. The number of hydrogen-bond acceptors (Lipinski definition) is 3. The van der Waals surface area contributed by atoms with Crippen LogP contribution in [0.3, 0.4) is 0 Å². The van der Waals surface area contributed by atoms with Gasteiger partial charge >= 0.3 is 0 Å². The fraction of sp³-hybridized carbons (Fsp3) is 1.00. The lowest BCUT2D eigenvalue weighted by molar-refractivity contribution is -0.0870. The molecule has 4 fully saturated rings. The molecule has 3 atom stereocenters. The first-order valence-electron chi connectivity index (χ1n) is 7.92. The number of rotatable bonds is 3. The van der Waals surface area contributed by atoms with E-state index in [1.807, 2.05) is 0 Å². The molecule has 2 N–H and O–H groups in total. The summed E-state index contributed by atoms with van der Waals surface area (Å²) in [5.74, 6) is 0.849. The molecular weight excluding hydrogens is 222 g/mol. The molecular formula is C15H29N3. The van der Waals surface area contributed by atoms with Crippen molar-refractivity contribution in [3.63, 3.8) is 0 Å². The van der Waals surface area contributed by atoms with Crippen LogP contribution in [0.15, 0.2) is 0 Å². The smallest absolute Gasteiger partial charge is 0.0493 e. The number of hydrogen-bond donors (Lipinski definition) is 1. The average molecular weight is 251 g/mol. The lowest BCUT2D eigenvalue weighted by Gasteiger charge is -2.59. The molecule has 4 rings (SSSR count). The molecule has 4 aliphatic heterocycles. The van der Waals surface area contributed by atoms with Crippen molar-refractivity contribution >= 4 is 0 Å². The van der Waals surface area contributed by atoms with Gasteiger partial charge in [0.1, 0.15) is 0 Å². The van der Waals surface area contributed by atoms with Crippen molar-refractivity contribution in [2.45, 2.75) is 63.6 Å². The SMILES string of the molecule is CCC1CCC(C)N1C1(CN)CN2CCC1CC2. The van der Waals surface area contributed by atoms with Gasteiger partial charge in [-0.2, -0.15) is 0 Å². The van der Waals surface area contributed by atoms with Gasteiger partial charge in [-0.05, 0) is 58.0 Å². The monoisotopic (exact) mass is 251 g/mol. The Kier molecular flexibility index (Phi) is 3.41. The second kappa shape index (κ2) is 4.77. The quantitative estimate of drug-likeness (QED) is 0.828. The van der Waals surface area contributed by atoms with E-state index in [1.54, 1.807) is 0 Å². The highest BCUT2D eigenvalue weighted by Crippen LogP contribution is 2.44. The molecule has 4 aliphatic rings. The summed E-state index contributed by atoms with van der Waals surface area (Å²) in [4.78, 5) is 5.51. The summed E-state index contributed by atoms with van der Waals surface area (Å²) in [7, 11) is 0. The summed E-state index contributed by atoms with van der Waals surface area (Å²) in [5.41, 5.74) is 6.61. The van der Waals surface area contributed by atoms with Crippen molar-refractivity contribution in [2.24, 2.45) is 11.7 Å². The van der Waals surface area contributed by atoms with Crippen LogP contribution in [0.5, 0.6) is 0 Å². The summed E-state index contributed by atoms with van der Waals surface area (Å²) in [5, 5.41) is 0. The van der Waals surface area contributed by atoms with Crippen LogP contribution < -0.4 is 5.73 Å². The van der Waals surface area contributed by atoms with Crippen LogP contribution in [-0.2, 0) is 0 Å². The topological polar surface area (TPSA) is 32.5 Å². The molecule has 104 valence electrons. The Morgan fingerprint density at radius 1 is 1.17 bits per heavy atom. The fourth-order valence-corrected chi connectivity index (χ4v) is 5.05. The van der Waals surface area contributed by atoms with Gasteiger partial charge in [0.25, 0.3) is 0 Å². The Balaban J connectivity index is 1.90. The number of fused-ring (bicyclic) bond motifs is 3. The molecule has 3 unspecified atom stereocenters. The molecule has 0 aromatic carbocycles. The molecule has 18 heavy (non-hydrogen) atoms. The van der Waals surface area contributed by atoms with Gasteiger partial charge in [0.05, 0.1) is 0 Å². The van der Waals surface area contributed by atoms with Gasteiger partial charge in [0.2, 0.25) is 0 Å². The highest BCUT2D eigenvalue weighted by atomic mass is 15.3. The molecule has 0 radical (unpaired) electrons. The lowest BCUT2D eigenvalue weighted by Crippen LogP contribution is -2.71. The average Bonchev–Trinajstić information content (AvgIpc) is 2.81. The van der Waals surface area contributed by atoms with Crippen LogP contribution in [0, 0.1) is 5.92 Å². The van der Waals surface area contributed by atoms with Crippen molar-refractivity contribution in [1.82, 2.24) is 9.80 Å². The maximum absolute atomic E-state index is 6.32. The third-order valence-electron chi connectivity index (χ3n) is 5.97. The van der Waals surface area contributed by atoms with E-state index < -0.39 is 0 Å². The second-order valence-corrected chi connectivity index (χ2v) is 6.75. The van der Waals surface area contributed by atoms with Crippen LogP contribution >= 0.6 is 0 Å². The van der Waals surface area contributed by atoms with E-state index in [0.29, 0.717) is 5.54 Å². The molecule has 4 heterocycles. The summed E-state index contributed by atoms with van der Waals surface area (Å²) < 4.78 is 0. The fourth-order valence-electron chi connectivity index (χ4n) is 5.05. The zero-order chi connectivity index (χ0) is 12.8. The van der Waals surface area contributed by atoms with Crippen LogP contribution in [0.25, 0.3) is 0 Å². The van der Waals surface area contributed by atoms with Crippen molar-refractivity contribution in [3.05, 3.63) is 0 Å². The summed E-state index contributed by atoms with van der Waals surface area (Å²) in [6.45, 7) is 9.48. The van der Waals surface area contributed by atoms with E-state index in [1.165, 1.54) is 51.7 Å². The number of nitrogens with two attached hydrogens (primary N) is 1. The number of piperidine rings is 3. The molecule has 2 bridgehead atoms. The van der Waals surface area contributed by atoms with Gasteiger partial charge < -0.3 is 10.6 Å². The van der Waals surface area contributed by atoms with Crippen molar-refractivity contribution < 1.29 is 0 Å². The van der Waals surface area contributed by atoms with Crippen LogP contribution in [-0.4, -0.2) is 53.6 Å². The molecule has 0 saturated carbocycles. The Bertz CT molecular complexity index is 298. The van der Waals surface area contributed by atoms with Crippen LogP contribution in [0.4, 0.5) is 0 Å². The first-order chi connectivity index (χ1) is 8.71. The Morgan fingerprint density at radius 2 is 1.89 bits per heavy atom. The van der Waals surface area contributed by atoms with Gasteiger partial charge in [0, 0.05) is 30.7 Å². The first-order valence-corrected chi connectivity index (χ1v) is 7.92. The van der Waals surface area contributed by atoms with Gasteiger partial charge in [-0.15, -0.1) is 0 Å². The first kappa shape index (κ1) is 12.9. The zero-order valence-corrected chi connectivity index (χ0v) is 12.1. The summed E-state index contributed by atoms with van der Waals surface area (Å²) in [6, 6.07) is 1.52. The Morgan fingerprint density at radius 3 is 2.39 bits per heavy atom. The van der Waals surface area contributed by atoms with Crippen molar-refractivity contribution in [2.75, 3.05) is 26.2 Å². The van der Waals surface area contributed by atoms with E-state index in [-0.39, 0.29) is 0 Å². The number of nitrogens with zero attached hydrogens (tertiary/aromatic N) is 2. The number of likely N-dealkylation sites (tertiary alicyclic amines) is 1. The third kappa shape index (κ3) is 1.75. The molecule has 3 nitrogen and oxygen atoms in total. The largest absolute Gasteiger partial charge is 0.329 e. The predicted octanol–water partition coefficient (Wildman–Crippen LogP) is 1.67. The van der Waals surface area contributed by atoms with E-state index in [0.717, 1.165) is 24.5 Å². The molecule has 3 heteroatoms. The summed E-state index contributed by atoms with van der Waals surface area (Å²) >= 11 is 0. The molecule has 0 amide bonds. The minimum Gasteiger partial charge on any atom is -0.329 e. The van der Waals surface area contributed by atoms with E-state index in [2.05, 4.69) is 23.6 Å². The molecule has 4 saturated heterocycles. The second-order valence-electron chi connectivity index (χ2n) is 6.75. The standard InChI is InChI=1S/C15H29N3/c1-3-14-5-4-12(2)18(14)15(10-16)11-17-8-6-13(15)7-9-17/h12-14H,3-11,16H2,1-2H3. The molecule has 0 aromatic rings.